The number of aromatic amines is 1. The molecule has 40 heavy (non-hydrogen) atoms. The van der Waals surface area contributed by atoms with Crippen LogP contribution < -0.4 is 5.32 Å². The summed E-state index contributed by atoms with van der Waals surface area (Å²) >= 11 is 0. The van der Waals surface area contributed by atoms with E-state index in [0.29, 0.717) is 17.5 Å². The summed E-state index contributed by atoms with van der Waals surface area (Å²) in [6.07, 6.45) is -1.71. The van der Waals surface area contributed by atoms with Crippen LogP contribution in [0.15, 0.2) is 42.5 Å². The molecule has 8 nitrogen and oxygen atoms in total. The number of benzene rings is 2. The number of H-pyrrole nitrogens is 1. The fourth-order valence-electron chi connectivity index (χ4n) is 5.21. The van der Waals surface area contributed by atoms with E-state index in [0.717, 1.165) is 43.4 Å². The standard InChI is InChI=1S/C28H32F4N6O2/c1-27(2,3)20-8-10-23(11-9-20)38(24(39)14-18-12-21(28(30,31)32)15-22(29)13-18)16-17-4-6-19(7-5-17)25(40)33-26-34-36-37-35-26/h4-7,12-13,15,20,23H,8-11,14,16H2,1-3H3,(H2,33,34,35,36,37,40). The highest BCUT2D eigenvalue weighted by Gasteiger charge is 2.35. The molecule has 1 aliphatic rings. The van der Waals surface area contributed by atoms with E-state index in [1.54, 1.807) is 29.2 Å². The van der Waals surface area contributed by atoms with Gasteiger partial charge in [-0.15, -0.1) is 5.10 Å². The minimum absolute atomic E-state index is 0.0285. The van der Waals surface area contributed by atoms with Crippen molar-refractivity contribution in [1.82, 2.24) is 25.5 Å². The number of hydrogen-bond donors (Lipinski definition) is 2. The molecule has 1 aromatic heterocycles. The first-order chi connectivity index (χ1) is 18.8. The van der Waals surface area contributed by atoms with Crippen LogP contribution in [-0.2, 0) is 23.9 Å². The van der Waals surface area contributed by atoms with Gasteiger partial charge in [-0.2, -0.15) is 18.4 Å². The van der Waals surface area contributed by atoms with Gasteiger partial charge in [0, 0.05) is 18.2 Å². The summed E-state index contributed by atoms with van der Waals surface area (Å²) in [7, 11) is 0. The Labute approximate surface area is 229 Å². The normalized spacial score (nSPS) is 17.9. The summed E-state index contributed by atoms with van der Waals surface area (Å²) in [6, 6.07) is 8.76. The quantitative estimate of drug-likeness (QED) is 0.356. The van der Waals surface area contributed by atoms with E-state index in [1.165, 1.54) is 0 Å². The number of aromatic nitrogens is 4. The van der Waals surface area contributed by atoms with E-state index in [1.807, 2.05) is 0 Å². The predicted octanol–water partition coefficient (Wildman–Crippen LogP) is 5.79. The van der Waals surface area contributed by atoms with Crippen molar-refractivity contribution in [2.45, 2.75) is 71.6 Å². The van der Waals surface area contributed by atoms with Crippen LogP contribution >= 0.6 is 0 Å². The molecule has 2 aromatic carbocycles. The first-order valence-corrected chi connectivity index (χ1v) is 13.1. The molecule has 2 N–H and O–H groups in total. The smallest absolute Gasteiger partial charge is 0.335 e. The SMILES string of the molecule is CC(C)(C)C1CCC(N(Cc2ccc(C(=O)Nc3nn[nH]n3)cc2)C(=O)Cc2cc(F)cc(C(F)(F)F)c2)CC1. The Hall–Kier alpha value is -3.83. The molecule has 0 spiro atoms. The van der Waals surface area contributed by atoms with Crippen LogP contribution in [0.2, 0.25) is 0 Å². The van der Waals surface area contributed by atoms with Gasteiger partial charge in [-0.25, -0.2) is 4.39 Å². The second-order valence-electron chi connectivity index (χ2n) is 11.3. The average molecular weight is 561 g/mol. The Morgan fingerprint density at radius 1 is 1.00 bits per heavy atom. The molecule has 0 bridgehead atoms. The van der Waals surface area contributed by atoms with E-state index in [2.05, 4.69) is 46.7 Å². The summed E-state index contributed by atoms with van der Waals surface area (Å²) in [5, 5.41) is 15.5. The number of amides is 2. The van der Waals surface area contributed by atoms with Crippen molar-refractivity contribution in [3.63, 3.8) is 0 Å². The number of tetrazole rings is 1. The highest BCUT2D eigenvalue weighted by atomic mass is 19.4. The van der Waals surface area contributed by atoms with Crippen molar-refractivity contribution in [3.8, 4) is 0 Å². The molecule has 0 atom stereocenters. The lowest BCUT2D eigenvalue weighted by atomic mass is 9.71. The number of rotatable bonds is 7. The number of carbonyl (C=O) groups excluding carboxylic acids is 2. The number of anilines is 1. The van der Waals surface area contributed by atoms with Crippen LogP contribution in [0.25, 0.3) is 0 Å². The Morgan fingerprint density at radius 3 is 2.25 bits per heavy atom. The maximum absolute atomic E-state index is 14.0. The molecule has 214 valence electrons. The van der Waals surface area contributed by atoms with E-state index < -0.39 is 23.5 Å². The third-order valence-corrected chi connectivity index (χ3v) is 7.46. The van der Waals surface area contributed by atoms with E-state index in [9.17, 15) is 27.2 Å². The Bertz CT molecular complexity index is 1310. The van der Waals surface area contributed by atoms with Gasteiger partial charge >= 0.3 is 6.18 Å². The molecule has 0 saturated heterocycles. The van der Waals surface area contributed by atoms with Crippen molar-refractivity contribution in [3.05, 3.63) is 70.5 Å². The van der Waals surface area contributed by atoms with Gasteiger partial charge in [0.05, 0.1) is 12.0 Å². The fraction of sp³-hybridized carbons (Fsp3) is 0.464. The Kier molecular flexibility index (Phi) is 8.55. The van der Waals surface area contributed by atoms with Gasteiger partial charge in [0.15, 0.2) is 0 Å². The highest BCUT2D eigenvalue weighted by molar-refractivity contribution is 6.03. The number of alkyl halides is 3. The summed E-state index contributed by atoms with van der Waals surface area (Å²) in [5.41, 5.74) is 0.0726. The lowest BCUT2D eigenvalue weighted by molar-refractivity contribution is -0.138. The monoisotopic (exact) mass is 560 g/mol. The van der Waals surface area contributed by atoms with E-state index >= 15 is 0 Å². The summed E-state index contributed by atoms with van der Waals surface area (Å²) in [6.45, 7) is 6.79. The molecule has 0 aliphatic heterocycles. The van der Waals surface area contributed by atoms with Crippen molar-refractivity contribution in [2.24, 2.45) is 11.3 Å². The number of nitrogens with one attached hydrogen (secondary N) is 2. The van der Waals surface area contributed by atoms with Gasteiger partial charge in [-0.1, -0.05) is 38.0 Å². The molecule has 1 aliphatic carbocycles. The molecular weight excluding hydrogens is 528 g/mol. The summed E-state index contributed by atoms with van der Waals surface area (Å²) < 4.78 is 53.8. The van der Waals surface area contributed by atoms with Crippen LogP contribution in [-0.4, -0.2) is 43.4 Å². The second-order valence-corrected chi connectivity index (χ2v) is 11.3. The zero-order valence-corrected chi connectivity index (χ0v) is 22.6. The molecular formula is C28H32F4N6O2. The molecule has 1 saturated carbocycles. The number of hydrogen-bond acceptors (Lipinski definition) is 5. The van der Waals surface area contributed by atoms with Crippen LogP contribution in [0.4, 0.5) is 23.5 Å². The van der Waals surface area contributed by atoms with Crippen LogP contribution in [0.5, 0.6) is 0 Å². The topological polar surface area (TPSA) is 104 Å². The molecule has 4 rings (SSSR count). The van der Waals surface area contributed by atoms with Crippen LogP contribution in [0.1, 0.15) is 73.5 Å². The predicted molar refractivity (Wildman–Crippen MR) is 139 cm³/mol. The average Bonchev–Trinajstić information content (AvgIpc) is 3.39. The fourth-order valence-corrected chi connectivity index (χ4v) is 5.21. The largest absolute Gasteiger partial charge is 0.416 e. The zero-order chi connectivity index (χ0) is 29.1. The molecule has 0 radical (unpaired) electrons. The lowest BCUT2D eigenvalue weighted by Crippen LogP contribution is -2.43. The molecule has 12 heteroatoms. The first-order valence-electron chi connectivity index (χ1n) is 13.1. The van der Waals surface area contributed by atoms with Crippen molar-refractivity contribution in [2.75, 3.05) is 5.32 Å². The molecule has 3 aromatic rings. The van der Waals surface area contributed by atoms with Gasteiger partial charge in [-0.3, -0.25) is 14.9 Å². The summed E-state index contributed by atoms with van der Waals surface area (Å²) in [5.74, 6) is -1.33. The molecule has 0 unspecified atom stereocenters. The highest BCUT2D eigenvalue weighted by Crippen LogP contribution is 2.39. The van der Waals surface area contributed by atoms with E-state index in [4.69, 9.17) is 0 Å². The Morgan fingerprint density at radius 2 is 1.68 bits per heavy atom. The number of halogens is 4. The number of nitrogens with zero attached hydrogens (tertiary/aromatic N) is 4. The number of carbonyl (C=O) groups is 2. The zero-order valence-electron chi connectivity index (χ0n) is 22.6. The molecule has 1 heterocycles. The molecule has 2 amide bonds. The van der Waals surface area contributed by atoms with Crippen LogP contribution in [0, 0.1) is 17.2 Å². The second kappa shape index (κ2) is 11.7. The van der Waals surface area contributed by atoms with Gasteiger partial charge in [0.1, 0.15) is 5.82 Å². The third kappa shape index (κ3) is 7.42. The van der Waals surface area contributed by atoms with E-state index in [-0.39, 0.29) is 41.8 Å². The van der Waals surface area contributed by atoms with Crippen LogP contribution in [0.3, 0.4) is 0 Å². The third-order valence-electron chi connectivity index (χ3n) is 7.46. The van der Waals surface area contributed by atoms with Gasteiger partial charge < -0.3 is 4.90 Å². The minimum Gasteiger partial charge on any atom is -0.335 e. The lowest BCUT2D eigenvalue weighted by Gasteiger charge is -2.41. The molecule has 1 fully saturated rings. The van der Waals surface area contributed by atoms with Crippen molar-refractivity contribution >= 4 is 17.8 Å². The summed E-state index contributed by atoms with van der Waals surface area (Å²) in [4.78, 5) is 27.7. The Balaban J connectivity index is 1.53. The van der Waals surface area contributed by atoms with Gasteiger partial charge in [0.25, 0.3) is 11.9 Å². The maximum atomic E-state index is 14.0. The van der Waals surface area contributed by atoms with Gasteiger partial charge in [0.2, 0.25) is 5.91 Å². The van der Waals surface area contributed by atoms with Crippen molar-refractivity contribution < 1.29 is 27.2 Å². The van der Waals surface area contributed by atoms with Crippen molar-refractivity contribution in [1.29, 1.82) is 0 Å². The van der Waals surface area contributed by atoms with Gasteiger partial charge in [-0.05, 0) is 83.7 Å². The minimum atomic E-state index is -4.72. The first kappa shape index (κ1) is 29.2. The maximum Gasteiger partial charge on any atom is 0.416 e.